The number of benzene rings is 1. The van der Waals surface area contributed by atoms with Crippen molar-refractivity contribution in [3.05, 3.63) is 30.3 Å². The van der Waals surface area contributed by atoms with Gasteiger partial charge in [0.1, 0.15) is 5.75 Å². The number of hydrogen-bond donors (Lipinski definition) is 0. The van der Waals surface area contributed by atoms with Crippen LogP contribution in [0, 0.1) is 0 Å². The van der Waals surface area contributed by atoms with Crippen LogP contribution in [0.2, 0.25) is 0 Å². The summed E-state index contributed by atoms with van der Waals surface area (Å²) in [6.07, 6.45) is 0. The van der Waals surface area contributed by atoms with Gasteiger partial charge in [0.2, 0.25) is 0 Å². The van der Waals surface area contributed by atoms with Crippen LogP contribution in [-0.2, 0) is 24.2 Å². The highest BCUT2D eigenvalue weighted by Gasteiger charge is 2.24. The average Bonchev–Trinajstić information content (AvgIpc) is 2.30. The highest BCUT2D eigenvalue weighted by Crippen LogP contribution is 2.10. The molecule has 0 atom stereocenters. The number of Topliss-reactive ketones (excluding diaryl/α,β-unsaturated/α-hetero) is 1. The molecule has 5 nitrogen and oxygen atoms in total. The zero-order valence-corrected chi connectivity index (χ0v) is 10.1. The third kappa shape index (κ3) is 3.67. The Morgan fingerprint density at radius 1 is 1.18 bits per heavy atom. The first-order chi connectivity index (χ1) is 7.97. The van der Waals surface area contributed by atoms with Gasteiger partial charge in [0.25, 0.3) is 5.78 Å². The molecule has 1 rings (SSSR count). The molecule has 92 valence electrons. The number of rotatable bonds is 5. The molecule has 0 heterocycles. The molecule has 0 aliphatic carbocycles. The number of carbonyl (C=O) groups is 2. The normalized spacial score (nSPS) is 10.9. The first-order valence-electron chi connectivity index (χ1n) is 4.95. The molecular formula is C11H12O5S. The van der Waals surface area contributed by atoms with Crippen LogP contribution in [0.1, 0.15) is 6.92 Å². The molecule has 1 aromatic carbocycles. The molecule has 6 heteroatoms. The number of carbonyl (C=O) groups excluding carboxylic acids is 2. The second-order valence-electron chi connectivity index (χ2n) is 3.22. The van der Waals surface area contributed by atoms with Crippen LogP contribution in [0.25, 0.3) is 0 Å². The predicted molar refractivity (Wildman–Crippen MR) is 60.1 cm³/mol. The Labute approximate surface area is 99.3 Å². The standard InChI is InChI=1S/C11H12O5S/c1-2-16-11(13)10(12)8-17(14,15)9-6-4-3-5-7-9/h3-7H,2,8H2,1H3. The summed E-state index contributed by atoms with van der Waals surface area (Å²) in [4.78, 5) is 22.3. The maximum absolute atomic E-state index is 11.7. The number of ketones is 1. The fraction of sp³-hybridized carbons (Fsp3) is 0.273. The van der Waals surface area contributed by atoms with Crippen molar-refractivity contribution in [2.75, 3.05) is 12.4 Å². The predicted octanol–water partition coefficient (Wildman–Crippen LogP) is 0.592. The molecule has 17 heavy (non-hydrogen) atoms. The molecule has 0 aliphatic rings. The number of ether oxygens (including phenoxy) is 1. The van der Waals surface area contributed by atoms with Crippen molar-refractivity contribution in [1.82, 2.24) is 0 Å². The van der Waals surface area contributed by atoms with Gasteiger partial charge in [0.05, 0.1) is 11.5 Å². The monoisotopic (exact) mass is 256 g/mol. The van der Waals surface area contributed by atoms with Crippen molar-refractivity contribution in [2.24, 2.45) is 0 Å². The van der Waals surface area contributed by atoms with Crippen molar-refractivity contribution in [3.63, 3.8) is 0 Å². The van der Waals surface area contributed by atoms with Crippen molar-refractivity contribution >= 4 is 21.6 Å². The molecule has 0 N–H and O–H groups in total. The molecule has 0 radical (unpaired) electrons. The SMILES string of the molecule is CCOC(=O)C(=O)CS(=O)(=O)c1ccccc1. The van der Waals surface area contributed by atoms with E-state index in [-0.39, 0.29) is 11.5 Å². The summed E-state index contributed by atoms with van der Waals surface area (Å²) in [5.74, 6) is -3.04. The van der Waals surface area contributed by atoms with Gasteiger partial charge < -0.3 is 4.74 Å². The lowest BCUT2D eigenvalue weighted by molar-refractivity contribution is -0.152. The Morgan fingerprint density at radius 2 is 1.76 bits per heavy atom. The van der Waals surface area contributed by atoms with Crippen LogP contribution in [0.4, 0.5) is 0 Å². The second-order valence-corrected chi connectivity index (χ2v) is 5.21. The molecule has 0 amide bonds. The van der Waals surface area contributed by atoms with Crippen LogP contribution in [0.5, 0.6) is 0 Å². The van der Waals surface area contributed by atoms with Gasteiger partial charge in [-0.2, -0.15) is 0 Å². The fourth-order valence-corrected chi connectivity index (χ4v) is 2.36. The summed E-state index contributed by atoms with van der Waals surface area (Å²) in [5.41, 5.74) is 0. The Bertz CT molecular complexity index is 504. The van der Waals surface area contributed by atoms with E-state index in [1.807, 2.05) is 0 Å². The van der Waals surface area contributed by atoms with Crippen molar-refractivity contribution in [3.8, 4) is 0 Å². The Morgan fingerprint density at radius 3 is 2.29 bits per heavy atom. The lowest BCUT2D eigenvalue weighted by atomic mass is 10.4. The summed E-state index contributed by atoms with van der Waals surface area (Å²) >= 11 is 0. The molecule has 0 unspecified atom stereocenters. The maximum Gasteiger partial charge on any atom is 0.375 e. The van der Waals surface area contributed by atoms with Crippen LogP contribution < -0.4 is 0 Å². The largest absolute Gasteiger partial charge is 0.460 e. The van der Waals surface area contributed by atoms with E-state index in [1.54, 1.807) is 18.2 Å². The second kappa shape index (κ2) is 5.58. The van der Waals surface area contributed by atoms with Gasteiger partial charge in [-0.05, 0) is 19.1 Å². The Kier molecular flexibility index (Phi) is 4.39. The zero-order chi connectivity index (χ0) is 12.9. The lowest BCUT2D eigenvalue weighted by Crippen LogP contribution is -2.25. The molecule has 0 aliphatic heterocycles. The maximum atomic E-state index is 11.7. The first-order valence-corrected chi connectivity index (χ1v) is 6.60. The van der Waals surface area contributed by atoms with E-state index in [0.717, 1.165) is 0 Å². The quantitative estimate of drug-likeness (QED) is 0.569. The van der Waals surface area contributed by atoms with Crippen LogP contribution >= 0.6 is 0 Å². The topological polar surface area (TPSA) is 77.5 Å². The number of hydrogen-bond acceptors (Lipinski definition) is 5. The van der Waals surface area contributed by atoms with E-state index in [0.29, 0.717) is 0 Å². The highest BCUT2D eigenvalue weighted by atomic mass is 32.2. The Hall–Kier alpha value is -1.69. The minimum absolute atomic E-state index is 0.0117. The van der Waals surface area contributed by atoms with E-state index in [1.165, 1.54) is 19.1 Å². The molecule has 0 aromatic heterocycles. The number of esters is 1. The van der Waals surface area contributed by atoms with Gasteiger partial charge in [-0.25, -0.2) is 13.2 Å². The molecular weight excluding hydrogens is 244 g/mol. The van der Waals surface area contributed by atoms with Gasteiger partial charge >= 0.3 is 5.97 Å². The van der Waals surface area contributed by atoms with E-state index < -0.39 is 27.3 Å². The van der Waals surface area contributed by atoms with Crippen LogP contribution in [-0.4, -0.2) is 32.5 Å². The Balaban J connectivity index is 2.82. The van der Waals surface area contributed by atoms with Crippen LogP contribution in [0.15, 0.2) is 35.2 Å². The van der Waals surface area contributed by atoms with Crippen LogP contribution in [0.3, 0.4) is 0 Å². The van der Waals surface area contributed by atoms with E-state index in [2.05, 4.69) is 4.74 Å². The summed E-state index contributed by atoms with van der Waals surface area (Å²) < 4.78 is 27.9. The third-order valence-corrected chi connectivity index (χ3v) is 3.56. The highest BCUT2D eigenvalue weighted by molar-refractivity contribution is 7.92. The molecule has 0 saturated heterocycles. The molecule has 0 spiro atoms. The summed E-state index contributed by atoms with van der Waals surface area (Å²) in [7, 11) is -3.77. The van der Waals surface area contributed by atoms with E-state index in [4.69, 9.17) is 0 Å². The lowest BCUT2D eigenvalue weighted by Gasteiger charge is -2.03. The minimum atomic E-state index is -3.77. The minimum Gasteiger partial charge on any atom is -0.460 e. The van der Waals surface area contributed by atoms with Crippen molar-refractivity contribution in [2.45, 2.75) is 11.8 Å². The molecule has 1 aromatic rings. The zero-order valence-electron chi connectivity index (χ0n) is 9.25. The van der Waals surface area contributed by atoms with Crippen molar-refractivity contribution < 1.29 is 22.7 Å². The average molecular weight is 256 g/mol. The summed E-state index contributed by atoms with van der Waals surface area (Å²) in [5, 5.41) is 0. The van der Waals surface area contributed by atoms with Crippen molar-refractivity contribution in [1.29, 1.82) is 0 Å². The molecule has 0 bridgehead atoms. The first kappa shape index (κ1) is 13.4. The molecule has 0 fully saturated rings. The molecule has 0 saturated carbocycles. The van der Waals surface area contributed by atoms with Gasteiger partial charge in [0, 0.05) is 0 Å². The smallest absolute Gasteiger partial charge is 0.375 e. The third-order valence-electron chi connectivity index (χ3n) is 1.93. The van der Waals surface area contributed by atoms with Gasteiger partial charge in [-0.15, -0.1) is 0 Å². The van der Waals surface area contributed by atoms with E-state index in [9.17, 15) is 18.0 Å². The van der Waals surface area contributed by atoms with E-state index >= 15 is 0 Å². The van der Waals surface area contributed by atoms with Gasteiger partial charge in [-0.3, -0.25) is 4.79 Å². The fourth-order valence-electron chi connectivity index (χ4n) is 1.15. The summed E-state index contributed by atoms with van der Waals surface area (Å²) in [6.45, 7) is 1.58. The number of sulfone groups is 1. The van der Waals surface area contributed by atoms with Gasteiger partial charge in [0.15, 0.2) is 9.84 Å². The van der Waals surface area contributed by atoms with Gasteiger partial charge in [-0.1, -0.05) is 18.2 Å². The summed E-state index contributed by atoms with van der Waals surface area (Å²) in [6, 6.07) is 7.48.